The van der Waals surface area contributed by atoms with E-state index in [1.165, 1.54) is 28.6 Å². The van der Waals surface area contributed by atoms with Gasteiger partial charge in [-0.1, -0.05) is 25.1 Å². The molecule has 0 spiro atoms. The van der Waals surface area contributed by atoms with Crippen LogP contribution >= 0.6 is 0 Å². The van der Waals surface area contributed by atoms with Gasteiger partial charge in [-0.05, 0) is 67.5 Å². The molecule has 4 rings (SSSR count). The van der Waals surface area contributed by atoms with Crippen molar-refractivity contribution in [2.75, 3.05) is 30.5 Å². The lowest BCUT2D eigenvalue weighted by Gasteiger charge is -2.30. The Hall–Kier alpha value is -2.87. The van der Waals surface area contributed by atoms with Crippen molar-refractivity contribution < 1.29 is 22.7 Å². The number of amides is 1. The number of carbonyl (C=O) groups is 2. The Morgan fingerprint density at radius 1 is 1.03 bits per heavy atom. The molecular weight excluding hydrogens is 428 g/mol. The number of benzene rings is 2. The Bertz CT molecular complexity index is 1100. The number of rotatable bonds is 5. The number of hydrogen-bond acceptors (Lipinski definition) is 5. The molecule has 0 bridgehead atoms. The summed E-state index contributed by atoms with van der Waals surface area (Å²) in [5.41, 5.74) is 1.92. The normalized spacial score (nSPS) is 18.7. The maximum Gasteiger partial charge on any atom is 0.338 e. The van der Waals surface area contributed by atoms with Gasteiger partial charge in [0.1, 0.15) is 0 Å². The van der Waals surface area contributed by atoms with E-state index in [9.17, 15) is 18.0 Å². The van der Waals surface area contributed by atoms with Crippen molar-refractivity contribution in [1.82, 2.24) is 4.90 Å². The highest BCUT2D eigenvalue weighted by molar-refractivity contribution is 7.92. The van der Waals surface area contributed by atoms with Crippen LogP contribution in [0, 0.1) is 5.92 Å². The molecule has 0 N–H and O–H groups in total. The largest absolute Gasteiger partial charge is 0.452 e. The Morgan fingerprint density at radius 2 is 1.78 bits per heavy atom. The van der Waals surface area contributed by atoms with Gasteiger partial charge in [-0.3, -0.25) is 9.10 Å². The van der Waals surface area contributed by atoms with Crippen LogP contribution < -0.4 is 4.31 Å². The zero-order valence-electron chi connectivity index (χ0n) is 18.2. The third-order valence-electron chi connectivity index (χ3n) is 6.08. The summed E-state index contributed by atoms with van der Waals surface area (Å²) in [5.74, 6) is -0.395. The molecule has 1 fully saturated rings. The van der Waals surface area contributed by atoms with E-state index in [-0.39, 0.29) is 23.0 Å². The molecular formula is C24H28N2O5S. The Balaban J connectivity index is 1.41. The summed E-state index contributed by atoms with van der Waals surface area (Å²) in [7, 11) is -3.74. The standard InChI is InChI=1S/C24H28N2O5S/c1-18-6-4-14-25(16-18)23(27)17-31-24(28)20-10-12-21(13-11-20)32(29,30)26-15-5-8-19-7-2-3-9-22(19)26/h2-3,7,9-13,18H,4-6,8,14-17H2,1H3. The third kappa shape index (κ3) is 4.65. The molecule has 2 heterocycles. The fourth-order valence-corrected chi connectivity index (χ4v) is 5.90. The van der Waals surface area contributed by atoms with Crippen LogP contribution in [0.1, 0.15) is 42.1 Å². The van der Waals surface area contributed by atoms with Crippen LogP contribution in [0.15, 0.2) is 53.4 Å². The average molecular weight is 457 g/mol. The van der Waals surface area contributed by atoms with Gasteiger partial charge in [-0.2, -0.15) is 0 Å². The number of sulfonamides is 1. The van der Waals surface area contributed by atoms with Crippen molar-refractivity contribution in [3.05, 3.63) is 59.7 Å². The van der Waals surface area contributed by atoms with Gasteiger partial charge >= 0.3 is 5.97 Å². The first-order valence-electron chi connectivity index (χ1n) is 11.0. The number of fused-ring (bicyclic) bond motifs is 1. The summed E-state index contributed by atoms with van der Waals surface area (Å²) in [5, 5.41) is 0. The van der Waals surface area contributed by atoms with Gasteiger partial charge in [0.25, 0.3) is 15.9 Å². The minimum atomic E-state index is -3.74. The van der Waals surface area contributed by atoms with Gasteiger partial charge in [0.05, 0.1) is 16.1 Å². The summed E-state index contributed by atoms with van der Waals surface area (Å²) >= 11 is 0. The topological polar surface area (TPSA) is 84.0 Å². The summed E-state index contributed by atoms with van der Waals surface area (Å²) in [6.45, 7) is 3.58. The summed E-state index contributed by atoms with van der Waals surface area (Å²) in [4.78, 5) is 26.5. The number of nitrogens with zero attached hydrogens (tertiary/aromatic N) is 2. The lowest BCUT2D eigenvalue weighted by Crippen LogP contribution is -2.41. The van der Waals surface area contributed by atoms with E-state index >= 15 is 0 Å². The molecule has 2 aromatic rings. The number of hydrogen-bond donors (Lipinski definition) is 0. The van der Waals surface area contributed by atoms with Gasteiger partial charge < -0.3 is 9.64 Å². The lowest BCUT2D eigenvalue weighted by atomic mass is 10.0. The smallest absolute Gasteiger partial charge is 0.338 e. The molecule has 1 unspecified atom stereocenters. The van der Waals surface area contributed by atoms with Crippen molar-refractivity contribution in [2.24, 2.45) is 5.92 Å². The molecule has 170 valence electrons. The van der Waals surface area contributed by atoms with Crippen LogP contribution in [-0.2, 0) is 26.0 Å². The van der Waals surface area contributed by atoms with Crippen LogP contribution in [0.4, 0.5) is 5.69 Å². The zero-order valence-corrected chi connectivity index (χ0v) is 19.0. The Kier molecular flexibility index (Phi) is 6.50. The molecule has 7 nitrogen and oxygen atoms in total. The molecule has 2 aliphatic heterocycles. The number of anilines is 1. The second-order valence-corrected chi connectivity index (χ2v) is 10.4. The fourth-order valence-electron chi connectivity index (χ4n) is 4.36. The van der Waals surface area contributed by atoms with Crippen molar-refractivity contribution in [1.29, 1.82) is 0 Å². The summed E-state index contributed by atoms with van der Waals surface area (Å²) in [6.07, 6.45) is 3.66. The van der Waals surface area contributed by atoms with E-state index in [2.05, 4.69) is 6.92 Å². The van der Waals surface area contributed by atoms with Crippen LogP contribution in [0.25, 0.3) is 0 Å². The monoisotopic (exact) mass is 456 g/mol. The molecule has 1 amide bonds. The number of carbonyl (C=O) groups excluding carboxylic acids is 2. The molecule has 0 aromatic heterocycles. The van der Waals surface area contributed by atoms with E-state index in [1.54, 1.807) is 4.90 Å². The highest BCUT2D eigenvalue weighted by Gasteiger charge is 2.29. The van der Waals surface area contributed by atoms with Crippen LogP contribution in [-0.4, -0.2) is 51.4 Å². The first-order valence-corrected chi connectivity index (χ1v) is 12.5. The van der Waals surface area contributed by atoms with Crippen LogP contribution in [0.3, 0.4) is 0 Å². The number of likely N-dealkylation sites (tertiary alicyclic amines) is 1. The number of aryl methyl sites for hydroxylation is 1. The molecule has 0 aliphatic carbocycles. The van der Waals surface area contributed by atoms with Crippen molar-refractivity contribution in [3.8, 4) is 0 Å². The van der Waals surface area contributed by atoms with Crippen molar-refractivity contribution >= 4 is 27.6 Å². The second-order valence-electron chi connectivity index (χ2n) is 8.50. The Morgan fingerprint density at radius 3 is 2.53 bits per heavy atom. The number of para-hydroxylation sites is 1. The van der Waals surface area contributed by atoms with Gasteiger partial charge in [-0.15, -0.1) is 0 Å². The Labute approximate surface area is 189 Å². The third-order valence-corrected chi connectivity index (χ3v) is 7.91. The number of piperidine rings is 1. The average Bonchev–Trinajstić information content (AvgIpc) is 2.82. The lowest BCUT2D eigenvalue weighted by molar-refractivity contribution is -0.136. The fraction of sp³-hybridized carbons (Fsp3) is 0.417. The quantitative estimate of drug-likeness (QED) is 0.645. The molecule has 1 atom stereocenters. The number of esters is 1. The van der Waals surface area contributed by atoms with E-state index in [0.29, 0.717) is 31.2 Å². The van der Waals surface area contributed by atoms with Gasteiger partial charge in [-0.25, -0.2) is 13.2 Å². The maximum absolute atomic E-state index is 13.2. The van der Waals surface area contributed by atoms with E-state index in [1.807, 2.05) is 24.3 Å². The van der Waals surface area contributed by atoms with Gasteiger partial charge in [0.15, 0.2) is 6.61 Å². The van der Waals surface area contributed by atoms with E-state index < -0.39 is 16.0 Å². The highest BCUT2D eigenvalue weighted by atomic mass is 32.2. The molecule has 1 saturated heterocycles. The maximum atomic E-state index is 13.2. The minimum Gasteiger partial charge on any atom is -0.452 e. The van der Waals surface area contributed by atoms with Crippen LogP contribution in [0.2, 0.25) is 0 Å². The SMILES string of the molecule is CC1CCCN(C(=O)COC(=O)c2ccc(S(=O)(=O)N3CCCc4ccccc43)cc2)C1. The molecule has 0 radical (unpaired) electrons. The van der Waals surface area contributed by atoms with E-state index in [4.69, 9.17) is 4.74 Å². The highest BCUT2D eigenvalue weighted by Crippen LogP contribution is 2.31. The van der Waals surface area contributed by atoms with Crippen molar-refractivity contribution in [2.45, 2.75) is 37.5 Å². The molecule has 2 aliphatic rings. The van der Waals surface area contributed by atoms with E-state index in [0.717, 1.165) is 31.2 Å². The predicted molar refractivity (Wildman–Crippen MR) is 121 cm³/mol. The summed E-state index contributed by atoms with van der Waals surface area (Å²) in [6, 6.07) is 13.2. The second kappa shape index (κ2) is 9.32. The molecule has 0 saturated carbocycles. The minimum absolute atomic E-state index is 0.115. The van der Waals surface area contributed by atoms with Crippen LogP contribution in [0.5, 0.6) is 0 Å². The summed E-state index contributed by atoms with van der Waals surface area (Å²) < 4.78 is 33.0. The first-order chi connectivity index (χ1) is 15.4. The van der Waals surface area contributed by atoms with Crippen molar-refractivity contribution in [3.63, 3.8) is 0 Å². The van der Waals surface area contributed by atoms with Gasteiger partial charge in [0.2, 0.25) is 0 Å². The van der Waals surface area contributed by atoms with Gasteiger partial charge in [0, 0.05) is 19.6 Å². The molecule has 8 heteroatoms. The zero-order chi connectivity index (χ0) is 22.7. The molecule has 2 aromatic carbocycles. The first kappa shape index (κ1) is 22.3. The molecule has 32 heavy (non-hydrogen) atoms. The predicted octanol–water partition coefficient (Wildman–Crippen LogP) is 3.24. The number of ether oxygens (including phenoxy) is 1.